The number of pyridine rings is 1. The van der Waals surface area contributed by atoms with Crippen molar-refractivity contribution in [2.75, 3.05) is 10.6 Å². The van der Waals surface area contributed by atoms with E-state index in [1.165, 1.54) is 0 Å². The number of nitrogens with two attached hydrogens (primary N) is 1. The topological polar surface area (TPSA) is 114 Å². The highest BCUT2D eigenvalue weighted by atomic mass is 16.2. The molecular weight excluding hydrogens is 320 g/mol. The summed E-state index contributed by atoms with van der Waals surface area (Å²) in [7, 11) is 0. The number of carbonyl (C=O) groups excluding carboxylic acids is 1. The number of primary amides is 1. The molecule has 2 aromatic carbocycles. The van der Waals surface area contributed by atoms with Gasteiger partial charge in [0.1, 0.15) is 17.4 Å². The normalized spacial score (nSPS) is 11.8. The van der Waals surface area contributed by atoms with Crippen LogP contribution in [0.3, 0.4) is 0 Å². The summed E-state index contributed by atoms with van der Waals surface area (Å²) in [6, 6.07) is 11.8. The Labute approximate surface area is 143 Å². The molecule has 1 aromatic heterocycles. The quantitative estimate of drug-likeness (QED) is 0.553. The Morgan fingerprint density at radius 3 is 2.28 bits per heavy atom. The van der Waals surface area contributed by atoms with E-state index in [0.717, 1.165) is 5.56 Å². The highest BCUT2D eigenvalue weighted by Gasteiger charge is 2.25. The van der Waals surface area contributed by atoms with Gasteiger partial charge in [0.15, 0.2) is 0 Å². The molecule has 0 aliphatic rings. The van der Waals surface area contributed by atoms with E-state index in [0.29, 0.717) is 12.1 Å². The fourth-order valence-corrected chi connectivity index (χ4v) is 2.47. The lowest BCUT2D eigenvalue weighted by Gasteiger charge is -2.20. The number of carbonyl (C=O) groups is 1. The number of aromatic nitrogens is 1. The SMILES string of the molecule is NC(=O)[C@@H](Cc1ccccc1)Nc1c(Nc2ccncc2)c(=O)c1=O. The predicted molar refractivity (Wildman–Crippen MR) is 95.6 cm³/mol. The fourth-order valence-electron chi connectivity index (χ4n) is 2.47. The number of benzene rings is 1. The van der Waals surface area contributed by atoms with Gasteiger partial charge in [0.05, 0.1) is 0 Å². The van der Waals surface area contributed by atoms with Crippen LogP contribution in [0.15, 0.2) is 64.4 Å². The second-order valence-electron chi connectivity index (χ2n) is 5.56. The Balaban J connectivity index is 1.81. The Morgan fingerprint density at radius 1 is 1.00 bits per heavy atom. The summed E-state index contributed by atoms with van der Waals surface area (Å²) in [6.07, 6.45) is 3.43. The second kappa shape index (κ2) is 6.96. The Morgan fingerprint density at radius 2 is 1.64 bits per heavy atom. The van der Waals surface area contributed by atoms with Crippen LogP contribution < -0.4 is 27.2 Å². The molecule has 3 aromatic rings. The predicted octanol–water partition coefficient (Wildman–Crippen LogP) is 0.930. The van der Waals surface area contributed by atoms with E-state index in [-0.39, 0.29) is 11.4 Å². The van der Waals surface area contributed by atoms with Gasteiger partial charge in [-0.15, -0.1) is 0 Å². The maximum absolute atomic E-state index is 11.9. The molecular formula is C18H16N4O3. The maximum Gasteiger partial charge on any atom is 0.253 e. The van der Waals surface area contributed by atoms with Crippen LogP contribution >= 0.6 is 0 Å². The molecule has 0 saturated heterocycles. The van der Waals surface area contributed by atoms with Crippen molar-refractivity contribution in [3.05, 3.63) is 80.9 Å². The van der Waals surface area contributed by atoms with E-state index in [2.05, 4.69) is 15.6 Å². The van der Waals surface area contributed by atoms with Gasteiger partial charge in [-0.1, -0.05) is 30.3 Å². The Hall–Kier alpha value is -3.48. The number of nitrogens with zero attached hydrogens (tertiary/aromatic N) is 1. The number of anilines is 3. The van der Waals surface area contributed by atoms with Crippen LogP contribution in [0.1, 0.15) is 5.56 Å². The summed E-state index contributed by atoms with van der Waals surface area (Å²) in [5.41, 5.74) is 5.83. The van der Waals surface area contributed by atoms with Crippen molar-refractivity contribution in [3.63, 3.8) is 0 Å². The van der Waals surface area contributed by atoms with Gasteiger partial charge in [-0.2, -0.15) is 0 Å². The molecule has 0 saturated carbocycles. The third-order valence-corrected chi connectivity index (χ3v) is 3.80. The van der Waals surface area contributed by atoms with E-state index < -0.39 is 22.8 Å². The van der Waals surface area contributed by atoms with Gasteiger partial charge in [-0.3, -0.25) is 19.4 Å². The van der Waals surface area contributed by atoms with Gasteiger partial charge < -0.3 is 16.4 Å². The van der Waals surface area contributed by atoms with E-state index in [4.69, 9.17) is 5.73 Å². The van der Waals surface area contributed by atoms with Crippen molar-refractivity contribution in [3.8, 4) is 0 Å². The summed E-state index contributed by atoms with van der Waals surface area (Å²) in [5.74, 6) is -0.605. The first-order valence-corrected chi connectivity index (χ1v) is 7.66. The summed E-state index contributed by atoms with van der Waals surface area (Å²) >= 11 is 0. The minimum absolute atomic E-state index is 0.0709. The molecule has 126 valence electrons. The zero-order valence-corrected chi connectivity index (χ0v) is 13.2. The van der Waals surface area contributed by atoms with Crippen molar-refractivity contribution in [2.24, 2.45) is 5.73 Å². The van der Waals surface area contributed by atoms with Crippen LogP contribution in [0.5, 0.6) is 0 Å². The molecule has 0 aliphatic heterocycles. The zero-order valence-electron chi connectivity index (χ0n) is 13.2. The summed E-state index contributed by atoms with van der Waals surface area (Å²) < 4.78 is 0. The van der Waals surface area contributed by atoms with Crippen LogP contribution in [0, 0.1) is 0 Å². The van der Waals surface area contributed by atoms with Crippen LogP contribution in [0.2, 0.25) is 0 Å². The second-order valence-corrected chi connectivity index (χ2v) is 5.56. The molecule has 1 atom stereocenters. The number of hydrogen-bond acceptors (Lipinski definition) is 6. The summed E-state index contributed by atoms with van der Waals surface area (Å²) in [4.78, 5) is 39.4. The lowest BCUT2D eigenvalue weighted by molar-refractivity contribution is -0.118. The smallest absolute Gasteiger partial charge is 0.253 e. The molecule has 0 spiro atoms. The molecule has 0 radical (unpaired) electrons. The number of hydrogen-bond donors (Lipinski definition) is 3. The summed E-state index contributed by atoms with van der Waals surface area (Å²) in [6.45, 7) is 0. The summed E-state index contributed by atoms with van der Waals surface area (Å²) in [5, 5.41) is 5.68. The Kier molecular flexibility index (Phi) is 4.56. The molecule has 3 rings (SSSR count). The van der Waals surface area contributed by atoms with E-state index in [1.807, 2.05) is 30.3 Å². The highest BCUT2D eigenvalue weighted by molar-refractivity contribution is 5.87. The highest BCUT2D eigenvalue weighted by Crippen LogP contribution is 2.21. The molecule has 0 fully saturated rings. The monoisotopic (exact) mass is 336 g/mol. The van der Waals surface area contributed by atoms with Gasteiger partial charge in [-0.25, -0.2) is 0 Å². The Bertz CT molecular complexity index is 948. The largest absolute Gasteiger partial charge is 0.368 e. The number of amides is 1. The molecule has 4 N–H and O–H groups in total. The van der Waals surface area contributed by atoms with Gasteiger partial charge >= 0.3 is 0 Å². The average molecular weight is 336 g/mol. The third-order valence-electron chi connectivity index (χ3n) is 3.80. The standard InChI is InChI=1S/C18H16N4O3/c19-18(25)13(10-11-4-2-1-3-5-11)22-15-14(16(23)17(15)24)21-12-6-8-20-9-7-12/h1-9,13,22H,10H2,(H2,19,25)(H,20,21)/t13-/m1/s1. The number of nitrogens with one attached hydrogen (secondary N) is 2. The van der Waals surface area contributed by atoms with E-state index in [9.17, 15) is 14.4 Å². The first-order valence-electron chi connectivity index (χ1n) is 7.66. The van der Waals surface area contributed by atoms with Crippen molar-refractivity contribution in [2.45, 2.75) is 12.5 Å². The van der Waals surface area contributed by atoms with Crippen molar-refractivity contribution >= 4 is 23.0 Å². The van der Waals surface area contributed by atoms with Crippen LogP contribution in [0.25, 0.3) is 0 Å². The molecule has 0 aliphatic carbocycles. The zero-order chi connectivity index (χ0) is 17.8. The lowest BCUT2D eigenvalue weighted by atomic mass is 10.0. The molecule has 0 bridgehead atoms. The molecule has 25 heavy (non-hydrogen) atoms. The van der Waals surface area contributed by atoms with Crippen molar-refractivity contribution < 1.29 is 4.79 Å². The van der Waals surface area contributed by atoms with Gasteiger partial charge in [0, 0.05) is 24.5 Å². The third kappa shape index (κ3) is 3.55. The van der Waals surface area contributed by atoms with Gasteiger partial charge in [-0.05, 0) is 17.7 Å². The van der Waals surface area contributed by atoms with Crippen molar-refractivity contribution in [1.82, 2.24) is 4.98 Å². The van der Waals surface area contributed by atoms with Crippen molar-refractivity contribution in [1.29, 1.82) is 0 Å². The maximum atomic E-state index is 11.9. The number of rotatable bonds is 7. The van der Waals surface area contributed by atoms with Gasteiger partial charge in [0.2, 0.25) is 5.91 Å². The molecule has 1 heterocycles. The van der Waals surface area contributed by atoms with E-state index >= 15 is 0 Å². The van der Waals surface area contributed by atoms with Crippen LogP contribution in [-0.2, 0) is 11.2 Å². The fraction of sp³-hybridized carbons (Fsp3) is 0.111. The molecule has 7 nitrogen and oxygen atoms in total. The lowest BCUT2D eigenvalue weighted by Crippen LogP contribution is -2.44. The van der Waals surface area contributed by atoms with Crippen LogP contribution in [-0.4, -0.2) is 16.9 Å². The molecule has 7 heteroatoms. The minimum atomic E-state index is -0.802. The first-order chi connectivity index (χ1) is 12.1. The molecule has 0 unspecified atom stereocenters. The van der Waals surface area contributed by atoms with E-state index in [1.54, 1.807) is 24.5 Å². The average Bonchev–Trinajstić information content (AvgIpc) is 2.64. The van der Waals surface area contributed by atoms with Gasteiger partial charge in [0.25, 0.3) is 10.9 Å². The first kappa shape index (κ1) is 16.4. The van der Waals surface area contributed by atoms with Crippen LogP contribution in [0.4, 0.5) is 17.1 Å². The molecule has 1 amide bonds. The minimum Gasteiger partial charge on any atom is -0.368 e.